The first-order valence-corrected chi connectivity index (χ1v) is 17.4. The van der Waals surface area contributed by atoms with E-state index in [4.69, 9.17) is 20.8 Å². The second-order valence-electron chi connectivity index (χ2n) is 13.2. The first-order chi connectivity index (χ1) is 24.3. The van der Waals surface area contributed by atoms with Crippen molar-refractivity contribution in [3.8, 4) is 0 Å². The van der Waals surface area contributed by atoms with Gasteiger partial charge in [-0.1, -0.05) is 87.6 Å². The van der Waals surface area contributed by atoms with E-state index in [1.54, 1.807) is 0 Å². The van der Waals surface area contributed by atoms with Crippen LogP contribution in [0.3, 0.4) is 0 Å². The molecule has 0 saturated carbocycles. The van der Waals surface area contributed by atoms with E-state index in [2.05, 4.69) is 36.4 Å². The summed E-state index contributed by atoms with van der Waals surface area (Å²) < 4.78 is 25.8. The molecule has 4 amide bonds. The quantitative estimate of drug-likeness (QED) is 0.113. The largest absolute Gasteiger partial charge is 0.445 e. The number of halogens is 2. The van der Waals surface area contributed by atoms with Crippen molar-refractivity contribution in [2.75, 3.05) is 5.32 Å². The molecular weight excluding hydrogens is 681 g/mol. The first kappa shape index (κ1) is 37.3. The summed E-state index contributed by atoms with van der Waals surface area (Å²) in [5, 5.41) is 19.9. The maximum Gasteiger partial charge on any atom is 0.408 e. The van der Waals surface area contributed by atoms with Gasteiger partial charge in [-0.25, -0.2) is 9.18 Å². The molecule has 2 unspecified atom stereocenters. The fraction of sp³-hybridized carbons (Fsp3) is 0.444. The van der Waals surface area contributed by atoms with Gasteiger partial charge in [0, 0.05) is 24.4 Å². The minimum Gasteiger partial charge on any atom is -0.445 e. The fourth-order valence-corrected chi connectivity index (χ4v) is 6.51. The van der Waals surface area contributed by atoms with Crippen molar-refractivity contribution in [1.29, 1.82) is 0 Å². The van der Waals surface area contributed by atoms with E-state index in [9.17, 15) is 23.6 Å². The Morgan fingerprint density at radius 2 is 1.78 bits per heavy atom. The number of nitrogens with zero attached hydrogens (tertiary/aromatic N) is 2. The van der Waals surface area contributed by atoms with Crippen LogP contribution < -0.4 is 21.3 Å². The van der Waals surface area contributed by atoms with Gasteiger partial charge < -0.3 is 30.1 Å². The van der Waals surface area contributed by atoms with Crippen LogP contribution in [0.2, 0.25) is 5.02 Å². The van der Waals surface area contributed by atoms with Crippen molar-refractivity contribution in [2.24, 2.45) is 11.8 Å². The summed E-state index contributed by atoms with van der Waals surface area (Å²) in [5.41, 5.74) is 1.15. The number of ether oxygens (including phenoxy) is 1. The molecule has 15 heteroatoms. The minimum atomic E-state index is -1.56. The number of benzene rings is 2. The predicted octanol–water partition coefficient (Wildman–Crippen LogP) is 5.89. The summed E-state index contributed by atoms with van der Waals surface area (Å²) >= 11 is 6.40. The molecule has 5 N–H and O–H groups in total. The van der Waals surface area contributed by atoms with Crippen molar-refractivity contribution >= 4 is 52.3 Å². The summed E-state index contributed by atoms with van der Waals surface area (Å²) in [6, 6.07) is 9.73. The summed E-state index contributed by atoms with van der Waals surface area (Å²) in [6.07, 6.45) is 0.817. The number of H-pyrrole nitrogens is 1. The van der Waals surface area contributed by atoms with Crippen molar-refractivity contribution in [3.05, 3.63) is 76.0 Å². The molecule has 0 bridgehead atoms. The summed E-state index contributed by atoms with van der Waals surface area (Å²) in [7, 11) is 0. The average Bonchev–Trinajstić information content (AvgIpc) is 3.72. The summed E-state index contributed by atoms with van der Waals surface area (Å²) in [4.78, 5) is 56.8. The van der Waals surface area contributed by atoms with Crippen LogP contribution >= 0.6 is 11.6 Å². The molecule has 0 aliphatic heterocycles. The molecule has 0 saturated heterocycles. The van der Waals surface area contributed by atoms with Gasteiger partial charge in [0.05, 0.1) is 10.5 Å². The highest BCUT2D eigenvalue weighted by atomic mass is 35.5. The normalized spacial score (nSPS) is 17.8. The van der Waals surface area contributed by atoms with Crippen LogP contribution in [-0.4, -0.2) is 50.6 Å². The molecule has 2 aromatic heterocycles. The Labute approximate surface area is 299 Å². The Hall–Kier alpha value is -4.98. The number of anilines is 1. The lowest BCUT2D eigenvalue weighted by atomic mass is 9.78. The number of alkyl carbamates (subject to hydrolysis) is 1. The third kappa shape index (κ3) is 8.50. The number of rotatable bonds is 13. The third-order valence-electron chi connectivity index (χ3n) is 9.57. The van der Waals surface area contributed by atoms with E-state index >= 15 is 0 Å². The second kappa shape index (κ2) is 15.9. The van der Waals surface area contributed by atoms with Crippen LogP contribution in [0, 0.1) is 17.7 Å². The van der Waals surface area contributed by atoms with Gasteiger partial charge in [-0.05, 0) is 47.9 Å². The van der Waals surface area contributed by atoms with Gasteiger partial charge in [0.25, 0.3) is 0 Å². The van der Waals surface area contributed by atoms with Gasteiger partial charge in [0.1, 0.15) is 30.0 Å². The first-order valence-electron chi connectivity index (χ1n) is 17.0. The van der Waals surface area contributed by atoms with Gasteiger partial charge in [-0.15, -0.1) is 5.10 Å². The highest BCUT2D eigenvalue weighted by Gasteiger charge is 2.47. The highest BCUT2D eigenvalue weighted by molar-refractivity contribution is 6.35. The van der Waals surface area contributed by atoms with Crippen LogP contribution in [0.15, 0.2) is 46.9 Å². The number of hydrogen-bond acceptors (Lipinski definition) is 8. The molecule has 2 aromatic carbocycles. The Morgan fingerprint density at radius 1 is 1.06 bits per heavy atom. The van der Waals surface area contributed by atoms with E-state index in [1.165, 1.54) is 19.1 Å². The van der Waals surface area contributed by atoms with Gasteiger partial charge in [0.15, 0.2) is 0 Å². The number of aromatic nitrogens is 3. The molecule has 0 spiro atoms. The zero-order chi connectivity index (χ0) is 36.9. The Bertz CT molecular complexity index is 1900. The number of aromatic amines is 1. The van der Waals surface area contributed by atoms with Gasteiger partial charge in [-0.3, -0.25) is 19.7 Å². The molecule has 2 heterocycles. The van der Waals surface area contributed by atoms with Crippen molar-refractivity contribution in [1.82, 2.24) is 31.1 Å². The third-order valence-corrected chi connectivity index (χ3v) is 9.87. The van der Waals surface area contributed by atoms with Crippen LogP contribution in [0.25, 0.3) is 10.9 Å². The van der Waals surface area contributed by atoms with Crippen molar-refractivity contribution in [2.45, 2.75) is 91.0 Å². The van der Waals surface area contributed by atoms with Crippen LogP contribution in [0.1, 0.15) is 82.6 Å². The standard InChI is InChI=1S/C36H43ClFN7O6/c1-6-19(3)28(42-35(49)50-18-22-11-9-8-10-12-22)31(47)43-36(14-13-27-25(17-36)24-15-23(38)16-26(37)30(24)40-27)33(48)41-29(20(4)7-2)32-44-45-34(51-32)39-21(5)46/h8-12,15-16,19-20,28-29,40H,6-7,13-14,17-18H2,1-5H3,(H,41,48)(H,42,49)(H,43,47)(H,39,45,46)/t19?,20?,28-,29-,36+/m0/s1. The molecule has 1 aliphatic rings. The second-order valence-corrected chi connectivity index (χ2v) is 13.6. The number of nitrogens with one attached hydrogen (secondary N) is 5. The molecular formula is C36H43ClFN7O6. The van der Waals surface area contributed by atoms with Crippen LogP contribution in [0.5, 0.6) is 0 Å². The zero-order valence-electron chi connectivity index (χ0n) is 29.2. The maximum absolute atomic E-state index is 14.7. The summed E-state index contributed by atoms with van der Waals surface area (Å²) in [5.74, 6) is -2.56. The van der Waals surface area contributed by atoms with E-state index < -0.39 is 47.3 Å². The molecule has 1 aliphatic carbocycles. The number of carbonyl (C=O) groups is 4. The van der Waals surface area contributed by atoms with Gasteiger partial charge in [-0.2, -0.15) is 0 Å². The van der Waals surface area contributed by atoms with Crippen molar-refractivity contribution < 1.29 is 32.7 Å². The average molecular weight is 724 g/mol. The molecule has 0 radical (unpaired) electrons. The van der Waals surface area contributed by atoms with Gasteiger partial charge >= 0.3 is 12.1 Å². The lowest BCUT2D eigenvalue weighted by Crippen LogP contribution is -2.65. The van der Waals surface area contributed by atoms with Crippen LogP contribution in [-0.2, 0) is 38.6 Å². The molecule has 0 fully saturated rings. The lowest BCUT2D eigenvalue weighted by Gasteiger charge is -2.39. The number of carbonyl (C=O) groups excluding carboxylic acids is 4. The van der Waals surface area contributed by atoms with E-state index in [0.717, 1.165) is 11.3 Å². The molecule has 13 nitrogen and oxygen atoms in total. The number of aryl methyl sites for hydroxylation is 1. The molecule has 51 heavy (non-hydrogen) atoms. The highest BCUT2D eigenvalue weighted by Crippen LogP contribution is 2.38. The Kier molecular flexibility index (Phi) is 11.6. The van der Waals surface area contributed by atoms with E-state index in [1.807, 2.05) is 58.0 Å². The van der Waals surface area contributed by atoms with E-state index in [0.29, 0.717) is 35.7 Å². The number of fused-ring (bicyclic) bond motifs is 3. The number of hydrogen-bond donors (Lipinski definition) is 5. The number of amides is 4. The Balaban J connectivity index is 1.48. The van der Waals surface area contributed by atoms with Crippen molar-refractivity contribution in [3.63, 3.8) is 0 Å². The summed E-state index contributed by atoms with van der Waals surface area (Å²) in [6.45, 7) is 8.84. The zero-order valence-corrected chi connectivity index (χ0v) is 29.9. The fourth-order valence-electron chi connectivity index (χ4n) is 6.26. The lowest BCUT2D eigenvalue weighted by molar-refractivity contribution is -0.136. The maximum atomic E-state index is 14.7. The monoisotopic (exact) mass is 723 g/mol. The smallest absolute Gasteiger partial charge is 0.408 e. The minimum absolute atomic E-state index is 0.00659. The topological polar surface area (TPSA) is 180 Å². The molecule has 4 aromatic rings. The van der Waals surface area contributed by atoms with Crippen LogP contribution in [0.4, 0.5) is 15.2 Å². The van der Waals surface area contributed by atoms with E-state index in [-0.39, 0.29) is 48.2 Å². The predicted molar refractivity (Wildman–Crippen MR) is 188 cm³/mol. The molecule has 5 atom stereocenters. The molecule has 5 rings (SSSR count). The SMILES string of the molecule is CCC(C)[C@H](NC(=O)OCc1ccccc1)C(=O)N[C@]1(C(=O)N[C@H](c2nnc(NC(C)=O)o2)C(C)CC)CCc2[nH]c3c(Cl)cc(F)cc3c2C1. The van der Waals surface area contributed by atoms with Gasteiger partial charge in [0.2, 0.25) is 23.6 Å². The molecule has 272 valence electrons. The Morgan fingerprint density at radius 3 is 2.47 bits per heavy atom.